The molecule has 4 heteroatoms. The minimum Gasteiger partial charge on any atom is -0.508 e. The topological polar surface area (TPSA) is 49.3 Å². The summed E-state index contributed by atoms with van der Waals surface area (Å²) in [5.74, 6) is -0.117. The van der Waals surface area contributed by atoms with Gasteiger partial charge in [-0.05, 0) is 42.2 Å². The van der Waals surface area contributed by atoms with Crippen LogP contribution in [0.15, 0.2) is 48.5 Å². The quantitative estimate of drug-likeness (QED) is 0.858. The maximum Gasteiger partial charge on any atom is 0.220 e. The summed E-state index contributed by atoms with van der Waals surface area (Å²) in [5, 5.41) is 12.4. The van der Waals surface area contributed by atoms with Crippen molar-refractivity contribution in [2.45, 2.75) is 19.3 Å². The number of benzene rings is 2. The highest BCUT2D eigenvalue weighted by molar-refractivity contribution is 5.76. The Balaban J connectivity index is 1.72. The second kappa shape index (κ2) is 7.43. The lowest BCUT2D eigenvalue weighted by molar-refractivity contribution is -0.121. The molecule has 0 atom stereocenters. The van der Waals surface area contributed by atoms with Gasteiger partial charge in [-0.1, -0.05) is 30.3 Å². The Hall–Kier alpha value is -2.36. The number of aryl methyl sites for hydroxylation is 1. The molecule has 0 fully saturated rings. The van der Waals surface area contributed by atoms with Crippen LogP contribution in [-0.4, -0.2) is 17.6 Å². The SMILES string of the molecule is O=C(CCc1cccc(F)c1)NCCc1ccccc1O. The molecule has 2 N–H and O–H groups in total. The average Bonchev–Trinajstić information content (AvgIpc) is 2.47. The van der Waals surface area contributed by atoms with E-state index in [-0.39, 0.29) is 17.5 Å². The molecule has 3 nitrogen and oxygen atoms in total. The number of aromatic hydroxyl groups is 1. The van der Waals surface area contributed by atoms with Gasteiger partial charge in [-0.15, -0.1) is 0 Å². The molecule has 2 aromatic carbocycles. The van der Waals surface area contributed by atoms with Crippen molar-refractivity contribution in [1.29, 1.82) is 0 Å². The summed E-state index contributed by atoms with van der Waals surface area (Å²) >= 11 is 0. The Morgan fingerprint density at radius 1 is 1.10 bits per heavy atom. The molecule has 0 spiro atoms. The molecule has 1 amide bonds. The summed E-state index contributed by atoms with van der Waals surface area (Å²) in [6.45, 7) is 0.472. The van der Waals surface area contributed by atoms with E-state index in [1.807, 2.05) is 12.1 Å². The van der Waals surface area contributed by atoms with Gasteiger partial charge in [0.1, 0.15) is 11.6 Å². The first-order valence-electron chi connectivity index (χ1n) is 6.93. The predicted molar refractivity (Wildman–Crippen MR) is 79.5 cm³/mol. The highest BCUT2D eigenvalue weighted by Crippen LogP contribution is 2.15. The van der Waals surface area contributed by atoms with E-state index in [9.17, 15) is 14.3 Å². The second-order valence-electron chi connectivity index (χ2n) is 4.86. The van der Waals surface area contributed by atoms with E-state index in [4.69, 9.17) is 0 Å². The molecule has 0 aliphatic heterocycles. The van der Waals surface area contributed by atoms with Crippen LogP contribution in [-0.2, 0) is 17.6 Å². The van der Waals surface area contributed by atoms with Gasteiger partial charge in [0, 0.05) is 13.0 Å². The first-order valence-corrected chi connectivity index (χ1v) is 6.93. The molecule has 0 radical (unpaired) electrons. The van der Waals surface area contributed by atoms with Crippen LogP contribution in [0.25, 0.3) is 0 Å². The zero-order valence-corrected chi connectivity index (χ0v) is 11.7. The van der Waals surface area contributed by atoms with E-state index in [0.29, 0.717) is 25.8 Å². The summed E-state index contributed by atoms with van der Waals surface area (Å²) in [5.41, 5.74) is 1.62. The van der Waals surface area contributed by atoms with Gasteiger partial charge in [0.15, 0.2) is 0 Å². The van der Waals surface area contributed by atoms with Gasteiger partial charge in [-0.25, -0.2) is 4.39 Å². The Labute approximate surface area is 123 Å². The molecule has 0 bridgehead atoms. The van der Waals surface area contributed by atoms with Crippen molar-refractivity contribution in [2.24, 2.45) is 0 Å². The largest absolute Gasteiger partial charge is 0.508 e. The van der Waals surface area contributed by atoms with Crippen molar-refractivity contribution in [3.05, 3.63) is 65.5 Å². The van der Waals surface area contributed by atoms with Crippen LogP contribution in [0.4, 0.5) is 4.39 Å². The standard InChI is InChI=1S/C17H18FNO2/c18-15-6-3-4-13(12-15)8-9-17(21)19-11-10-14-5-1-2-7-16(14)20/h1-7,12,20H,8-11H2,(H,19,21). The minimum absolute atomic E-state index is 0.0744. The molecule has 2 rings (SSSR count). The number of phenolic OH excluding ortho intramolecular Hbond substituents is 1. The number of para-hydroxylation sites is 1. The van der Waals surface area contributed by atoms with Crippen LogP contribution in [0.5, 0.6) is 5.75 Å². The molecule has 0 aliphatic carbocycles. The van der Waals surface area contributed by atoms with Gasteiger partial charge >= 0.3 is 0 Å². The van der Waals surface area contributed by atoms with E-state index in [1.54, 1.807) is 24.3 Å². The third-order valence-corrected chi connectivity index (χ3v) is 3.24. The third-order valence-electron chi connectivity index (χ3n) is 3.24. The summed E-state index contributed by atoms with van der Waals surface area (Å²) in [6, 6.07) is 13.3. The van der Waals surface area contributed by atoms with Crippen LogP contribution in [0.1, 0.15) is 17.5 Å². The first-order chi connectivity index (χ1) is 10.1. The number of amides is 1. The molecular formula is C17H18FNO2. The lowest BCUT2D eigenvalue weighted by atomic mass is 10.1. The van der Waals surface area contributed by atoms with Crippen molar-refractivity contribution in [2.75, 3.05) is 6.54 Å². The van der Waals surface area contributed by atoms with Gasteiger partial charge in [0.05, 0.1) is 0 Å². The Kier molecular flexibility index (Phi) is 5.32. The maximum absolute atomic E-state index is 13.0. The number of carbonyl (C=O) groups is 1. The van der Waals surface area contributed by atoms with E-state index in [2.05, 4.69) is 5.32 Å². The van der Waals surface area contributed by atoms with Crippen LogP contribution in [0, 0.1) is 5.82 Å². The molecular weight excluding hydrogens is 269 g/mol. The van der Waals surface area contributed by atoms with Crippen molar-refractivity contribution >= 4 is 5.91 Å². The second-order valence-corrected chi connectivity index (χ2v) is 4.86. The molecule has 110 valence electrons. The minimum atomic E-state index is -0.285. The number of rotatable bonds is 6. The summed E-state index contributed by atoms with van der Waals surface area (Å²) < 4.78 is 13.0. The van der Waals surface area contributed by atoms with Crippen LogP contribution in [0.3, 0.4) is 0 Å². The number of phenols is 1. The van der Waals surface area contributed by atoms with Gasteiger partial charge in [0.25, 0.3) is 0 Å². The fraction of sp³-hybridized carbons (Fsp3) is 0.235. The lowest BCUT2D eigenvalue weighted by Gasteiger charge is -2.07. The van der Waals surface area contributed by atoms with E-state index in [1.165, 1.54) is 12.1 Å². The molecule has 0 aliphatic rings. The van der Waals surface area contributed by atoms with Crippen molar-refractivity contribution in [3.8, 4) is 5.75 Å². The van der Waals surface area contributed by atoms with E-state index in [0.717, 1.165) is 11.1 Å². The molecule has 0 aromatic heterocycles. The summed E-state index contributed by atoms with van der Waals surface area (Å²) in [6.07, 6.45) is 1.42. The number of halogens is 1. The highest BCUT2D eigenvalue weighted by Gasteiger charge is 2.04. The molecule has 0 saturated heterocycles. The first kappa shape index (κ1) is 15.0. The van der Waals surface area contributed by atoms with Gasteiger partial charge in [-0.3, -0.25) is 4.79 Å². The fourth-order valence-electron chi connectivity index (χ4n) is 2.10. The number of carbonyl (C=O) groups excluding carboxylic acids is 1. The number of hydrogen-bond donors (Lipinski definition) is 2. The predicted octanol–water partition coefficient (Wildman–Crippen LogP) is 2.82. The van der Waals surface area contributed by atoms with Crippen LogP contribution >= 0.6 is 0 Å². The summed E-state index contributed by atoms with van der Waals surface area (Å²) in [7, 11) is 0. The normalized spacial score (nSPS) is 10.3. The average molecular weight is 287 g/mol. The van der Waals surface area contributed by atoms with Crippen molar-refractivity contribution < 1.29 is 14.3 Å². The zero-order valence-electron chi connectivity index (χ0n) is 11.7. The summed E-state index contributed by atoms with van der Waals surface area (Å²) in [4.78, 5) is 11.7. The fourth-order valence-corrected chi connectivity index (χ4v) is 2.10. The third kappa shape index (κ3) is 4.91. The number of hydrogen-bond acceptors (Lipinski definition) is 2. The van der Waals surface area contributed by atoms with Gasteiger partial charge < -0.3 is 10.4 Å². The lowest BCUT2D eigenvalue weighted by Crippen LogP contribution is -2.25. The Bertz CT molecular complexity index is 613. The molecule has 2 aromatic rings. The molecule has 21 heavy (non-hydrogen) atoms. The molecule has 0 saturated carbocycles. The van der Waals surface area contributed by atoms with E-state index >= 15 is 0 Å². The molecule has 0 unspecified atom stereocenters. The Morgan fingerprint density at radius 3 is 2.67 bits per heavy atom. The van der Waals surface area contributed by atoms with Gasteiger partial charge in [0.2, 0.25) is 5.91 Å². The Morgan fingerprint density at radius 2 is 1.90 bits per heavy atom. The van der Waals surface area contributed by atoms with Crippen LogP contribution in [0.2, 0.25) is 0 Å². The van der Waals surface area contributed by atoms with Gasteiger partial charge in [-0.2, -0.15) is 0 Å². The van der Waals surface area contributed by atoms with E-state index < -0.39 is 0 Å². The monoisotopic (exact) mass is 287 g/mol. The van der Waals surface area contributed by atoms with Crippen LogP contribution < -0.4 is 5.32 Å². The smallest absolute Gasteiger partial charge is 0.220 e. The molecule has 0 heterocycles. The van der Waals surface area contributed by atoms with Crippen molar-refractivity contribution in [1.82, 2.24) is 5.32 Å². The zero-order chi connectivity index (χ0) is 15.1. The van der Waals surface area contributed by atoms with Crippen molar-refractivity contribution in [3.63, 3.8) is 0 Å². The highest BCUT2D eigenvalue weighted by atomic mass is 19.1. The number of nitrogens with one attached hydrogen (secondary N) is 1. The maximum atomic E-state index is 13.0.